The van der Waals surface area contributed by atoms with Crippen LogP contribution in [0, 0.1) is 11.8 Å². The molecule has 0 bridgehead atoms. The third-order valence-electron chi connectivity index (χ3n) is 8.09. The summed E-state index contributed by atoms with van der Waals surface area (Å²) in [7, 11) is -4.01. The quantitative estimate of drug-likeness (QED) is 0.220. The third kappa shape index (κ3) is 8.77. The van der Waals surface area contributed by atoms with Crippen molar-refractivity contribution in [2.24, 2.45) is 11.8 Å². The summed E-state index contributed by atoms with van der Waals surface area (Å²) in [5.41, 5.74) is 8.05. The van der Waals surface area contributed by atoms with Crippen molar-refractivity contribution in [3.63, 3.8) is 0 Å². The molecule has 12 heteroatoms. The summed E-state index contributed by atoms with van der Waals surface area (Å²) >= 11 is 0. The van der Waals surface area contributed by atoms with Crippen molar-refractivity contribution in [1.82, 2.24) is 9.62 Å². The van der Waals surface area contributed by atoms with E-state index in [0.29, 0.717) is 24.7 Å². The molecule has 5 rings (SSSR count). The molecule has 0 radical (unpaired) electrons. The number of anilines is 1. The SMILES string of the molecule is CC(C)CN(C[C@@H](O)[C@H](Cc1ccc(OCc2ccccc2)cc1)NC(=O)O[C@H]1CO[C@H]2OCC[C@H]21)S(=O)(=O)c1cccc(N)c1. The second-order valence-electron chi connectivity index (χ2n) is 12.2. The van der Waals surface area contributed by atoms with Crippen molar-refractivity contribution in [2.45, 2.75) is 62.7 Å². The zero-order valence-corrected chi connectivity index (χ0v) is 27.0. The van der Waals surface area contributed by atoms with Gasteiger partial charge in [0.2, 0.25) is 10.0 Å². The molecule has 46 heavy (non-hydrogen) atoms. The maximum Gasteiger partial charge on any atom is 0.407 e. The van der Waals surface area contributed by atoms with Crippen molar-refractivity contribution in [3.05, 3.63) is 90.0 Å². The molecular weight excluding hydrogens is 610 g/mol. The van der Waals surface area contributed by atoms with Crippen LogP contribution < -0.4 is 15.8 Å². The summed E-state index contributed by atoms with van der Waals surface area (Å²) in [6.07, 6.45) is -1.93. The van der Waals surface area contributed by atoms with Crippen LogP contribution in [0.15, 0.2) is 83.8 Å². The van der Waals surface area contributed by atoms with E-state index in [1.807, 2.05) is 68.4 Å². The summed E-state index contributed by atoms with van der Waals surface area (Å²) < 4.78 is 51.4. The monoisotopic (exact) mass is 653 g/mol. The van der Waals surface area contributed by atoms with E-state index in [4.69, 9.17) is 24.7 Å². The Kier molecular flexibility index (Phi) is 11.2. The van der Waals surface area contributed by atoms with E-state index >= 15 is 0 Å². The number of sulfonamides is 1. The van der Waals surface area contributed by atoms with Crippen LogP contribution in [0.1, 0.15) is 31.4 Å². The van der Waals surface area contributed by atoms with Gasteiger partial charge < -0.3 is 35.1 Å². The number of alkyl carbamates (subject to hydrolysis) is 1. The Labute approximate surface area is 270 Å². The molecule has 248 valence electrons. The van der Waals surface area contributed by atoms with Crippen LogP contribution in [0.3, 0.4) is 0 Å². The van der Waals surface area contributed by atoms with Gasteiger partial charge in [-0.1, -0.05) is 62.4 Å². The normalized spacial score (nSPS) is 20.8. The van der Waals surface area contributed by atoms with Crippen molar-refractivity contribution in [3.8, 4) is 5.75 Å². The first kappa shape index (κ1) is 33.7. The standard InChI is InChI=1S/C34H43N3O8S/c1-23(2)19-37(46(40,41)28-10-6-9-26(35)18-28)20-31(38)30(36-34(39)45-32-22-44-33-29(32)15-16-42-33)17-24-11-13-27(14-12-24)43-21-25-7-4-3-5-8-25/h3-14,18,23,29-33,38H,15-17,19-22,35H2,1-2H3,(H,36,39)/t29-,30-,31+,32-,33+/m0/s1. The number of fused-ring (bicyclic) bond motifs is 1. The number of carbonyl (C=O) groups is 1. The molecule has 2 aliphatic heterocycles. The number of benzene rings is 3. The number of nitrogens with zero attached hydrogens (tertiary/aromatic N) is 1. The lowest BCUT2D eigenvalue weighted by atomic mass is 10.0. The van der Waals surface area contributed by atoms with Gasteiger partial charge >= 0.3 is 6.09 Å². The number of aliphatic hydroxyl groups excluding tert-OH is 1. The molecular formula is C34H43N3O8S. The van der Waals surface area contributed by atoms with Crippen molar-refractivity contribution in [1.29, 1.82) is 0 Å². The highest BCUT2D eigenvalue weighted by atomic mass is 32.2. The van der Waals surface area contributed by atoms with Gasteiger partial charge in [-0.25, -0.2) is 13.2 Å². The Morgan fingerprint density at radius 3 is 2.50 bits per heavy atom. The van der Waals surface area contributed by atoms with Crippen LogP contribution in [0.4, 0.5) is 10.5 Å². The summed E-state index contributed by atoms with van der Waals surface area (Å²) in [5, 5.41) is 14.4. The van der Waals surface area contributed by atoms with Gasteiger partial charge in [0.1, 0.15) is 18.5 Å². The minimum Gasteiger partial charge on any atom is -0.489 e. The first-order valence-corrected chi connectivity index (χ1v) is 17.0. The van der Waals surface area contributed by atoms with Crippen LogP contribution in [-0.4, -0.2) is 74.8 Å². The second-order valence-corrected chi connectivity index (χ2v) is 14.1. The molecule has 2 aliphatic rings. The number of carbonyl (C=O) groups excluding carboxylic acids is 1. The van der Waals surface area contributed by atoms with Crippen molar-refractivity contribution < 1.29 is 37.3 Å². The van der Waals surface area contributed by atoms with Gasteiger partial charge in [0.05, 0.1) is 36.2 Å². The molecule has 11 nitrogen and oxygen atoms in total. The van der Waals surface area contributed by atoms with E-state index in [1.54, 1.807) is 12.1 Å². The lowest BCUT2D eigenvalue weighted by Gasteiger charge is -2.31. The fourth-order valence-electron chi connectivity index (χ4n) is 5.71. The molecule has 5 atom stereocenters. The number of nitrogen functional groups attached to an aromatic ring is 1. The Morgan fingerprint density at radius 1 is 1.02 bits per heavy atom. The minimum absolute atomic E-state index is 0.0323. The predicted molar refractivity (Wildman–Crippen MR) is 172 cm³/mol. The molecule has 2 saturated heterocycles. The summed E-state index contributed by atoms with van der Waals surface area (Å²) in [4.78, 5) is 13.2. The van der Waals surface area contributed by atoms with E-state index in [-0.39, 0.29) is 49.1 Å². The predicted octanol–water partition coefficient (Wildman–Crippen LogP) is 3.95. The van der Waals surface area contributed by atoms with Gasteiger partial charge in [0, 0.05) is 18.8 Å². The van der Waals surface area contributed by atoms with Crippen molar-refractivity contribution in [2.75, 3.05) is 32.0 Å². The van der Waals surface area contributed by atoms with E-state index in [0.717, 1.165) is 17.5 Å². The molecule has 0 aromatic heterocycles. The van der Waals surface area contributed by atoms with Crippen LogP contribution in [0.25, 0.3) is 0 Å². The average Bonchev–Trinajstić information content (AvgIpc) is 3.65. The molecule has 3 aromatic rings. The molecule has 0 unspecified atom stereocenters. The summed E-state index contributed by atoms with van der Waals surface area (Å²) in [6.45, 7) is 4.86. The highest BCUT2D eigenvalue weighted by Crippen LogP contribution is 2.33. The van der Waals surface area contributed by atoms with Gasteiger partial charge in [-0.05, 0) is 60.2 Å². The molecule has 1 amide bonds. The Balaban J connectivity index is 1.31. The maximum absolute atomic E-state index is 13.7. The number of ether oxygens (including phenoxy) is 4. The first-order chi connectivity index (χ1) is 22.1. The topological polar surface area (TPSA) is 150 Å². The zero-order valence-electron chi connectivity index (χ0n) is 26.2. The van der Waals surface area contributed by atoms with E-state index in [1.165, 1.54) is 16.4 Å². The first-order valence-electron chi connectivity index (χ1n) is 15.6. The lowest BCUT2D eigenvalue weighted by Crippen LogP contribution is -2.51. The van der Waals surface area contributed by atoms with Gasteiger partial charge in [-0.2, -0.15) is 4.31 Å². The van der Waals surface area contributed by atoms with E-state index in [2.05, 4.69) is 5.32 Å². The number of hydrogen-bond donors (Lipinski definition) is 3. The van der Waals surface area contributed by atoms with Crippen LogP contribution in [0.5, 0.6) is 5.75 Å². The molecule has 2 fully saturated rings. The Morgan fingerprint density at radius 2 is 1.78 bits per heavy atom. The van der Waals surface area contributed by atoms with Gasteiger partial charge in [-0.15, -0.1) is 0 Å². The molecule has 0 spiro atoms. The zero-order chi connectivity index (χ0) is 32.7. The van der Waals surface area contributed by atoms with Crippen LogP contribution in [-0.2, 0) is 37.3 Å². The van der Waals surface area contributed by atoms with Gasteiger partial charge in [-0.3, -0.25) is 0 Å². The van der Waals surface area contributed by atoms with E-state index < -0.39 is 34.4 Å². The molecule has 0 saturated carbocycles. The average molecular weight is 654 g/mol. The number of amides is 1. The number of aliphatic hydroxyl groups is 1. The van der Waals surface area contributed by atoms with Crippen molar-refractivity contribution >= 4 is 21.8 Å². The number of nitrogens with two attached hydrogens (primary N) is 1. The Bertz CT molecular complexity index is 1540. The largest absolute Gasteiger partial charge is 0.489 e. The van der Waals surface area contributed by atoms with E-state index in [9.17, 15) is 18.3 Å². The number of rotatable bonds is 14. The molecule has 4 N–H and O–H groups in total. The highest BCUT2D eigenvalue weighted by Gasteiger charge is 2.44. The molecule has 2 heterocycles. The lowest BCUT2D eigenvalue weighted by molar-refractivity contribution is -0.0907. The van der Waals surface area contributed by atoms with Crippen LogP contribution >= 0.6 is 0 Å². The Hall–Kier alpha value is -3.68. The van der Waals surface area contributed by atoms with Gasteiger partial charge in [0.15, 0.2) is 6.29 Å². The molecule has 0 aliphatic carbocycles. The molecule has 3 aromatic carbocycles. The minimum atomic E-state index is -4.01. The number of nitrogens with one attached hydrogen (secondary N) is 1. The van der Waals surface area contributed by atoms with Crippen LogP contribution in [0.2, 0.25) is 0 Å². The third-order valence-corrected chi connectivity index (χ3v) is 9.92. The second kappa shape index (κ2) is 15.3. The number of hydrogen-bond acceptors (Lipinski definition) is 9. The fraction of sp³-hybridized carbons (Fsp3) is 0.441. The summed E-state index contributed by atoms with van der Waals surface area (Å²) in [6, 6.07) is 22.4. The fourth-order valence-corrected chi connectivity index (χ4v) is 7.39. The summed E-state index contributed by atoms with van der Waals surface area (Å²) in [5.74, 6) is 0.581. The van der Waals surface area contributed by atoms with Gasteiger partial charge in [0.25, 0.3) is 0 Å². The maximum atomic E-state index is 13.7. The highest BCUT2D eigenvalue weighted by molar-refractivity contribution is 7.89. The smallest absolute Gasteiger partial charge is 0.407 e.